The van der Waals surface area contributed by atoms with Crippen LogP contribution >= 0.6 is 22.6 Å². The molecule has 0 amide bonds. The van der Waals surface area contributed by atoms with E-state index in [-0.39, 0.29) is 5.57 Å². The molecule has 0 bridgehead atoms. The first-order chi connectivity index (χ1) is 7.70. The summed E-state index contributed by atoms with van der Waals surface area (Å²) in [6, 6.07) is 9.02. The lowest BCUT2D eigenvalue weighted by Crippen LogP contribution is -2.14. The van der Waals surface area contributed by atoms with Crippen LogP contribution in [0, 0.1) is 0 Å². The van der Waals surface area contributed by atoms with Crippen LogP contribution in [0.15, 0.2) is 40.0 Å². The van der Waals surface area contributed by atoms with Crippen LogP contribution in [0.3, 0.4) is 0 Å². The fourth-order valence-electron chi connectivity index (χ4n) is 1.25. The molecule has 1 atom stereocenters. The number of esters is 1. The average molecular weight is 332 g/mol. The summed E-state index contributed by atoms with van der Waals surface area (Å²) >= 11 is 1.92. The molecule has 0 heterocycles. The van der Waals surface area contributed by atoms with E-state index in [4.69, 9.17) is 4.74 Å². The molecule has 0 aromatic heterocycles. The van der Waals surface area contributed by atoms with E-state index in [1.165, 1.54) is 0 Å². The Balaban J connectivity index is 2.87. The van der Waals surface area contributed by atoms with Gasteiger partial charge in [0.1, 0.15) is 6.10 Å². The summed E-state index contributed by atoms with van der Waals surface area (Å²) < 4.78 is 6.41. The molecule has 0 aliphatic rings. The first-order valence-electron chi connectivity index (χ1n) is 4.91. The summed E-state index contributed by atoms with van der Waals surface area (Å²) in [5.41, 5.74) is 0.937. The Morgan fingerprint density at radius 3 is 2.62 bits per heavy atom. The van der Waals surface area contributed by atoms with Crippen LogP contribution in [0.25, 0.3) is 0 Å². The van der Waals surface area contributed by atoms with E-state index in [1.807, 2.05) is 40.8 Å². The predicted molar refractivity (Wildman–Crippen MR) is 70.1 cm³/mol. The minimum absolute atomic E-state index is 0.258. The SMILES string of the molecule is CCOC(=O)/C(=C\I)[C@@H](O)c1ccccc1. The monoisotopic (exact) mass is 332 g/mol. The van der Waals surface area contributed by atoms with Crippen LogP contribution in [0.1, 0.15) is 18.6 Å². The molecule has 1 N–H and O–H groups in total. The number of carbonyl (C=O) groups is 1. The number of rotatable bonds is 4. The fraction of sp³-hybridized carbons (Fsp3) is 0.250. The highest BCUT2D eigenvalue weighted by atomic mass is 127. The van der Waals surface area contributed by atoms with Crippen molar-refractivity contribution in [3.8, 4) is 0 Å². The molecule has 4 heteroatoms. The zero-order chi connectivity index (χ0) is 12.0. The zero-order valence-corrected chi connectivity index (χ0v) is 11.0. The molecule has 0 saturated heterocycles. The molecule has 86 valence electrons. The summed E-state index contributed by atoms with van der Waals surface area (Å²) in [4.78, 5) is 11.5. The van der Waals surface area contributed by atoms with Crippen molar-refractivity contribution in [2.24, 2.45) is 0 Å². The van der Waals surface area contributed by atoms with Crippen LogP contribution in [0.5, 0.6) is 0 Å². The van der Waals surface area contributed by atoms with Gasteiger partial charge in [-0.1, -0.05) is 52.9 Å². The van der Waals surface area contributed by atoms with E-state index in [0.717, 1.165) is 0 Å². The number of hydrogen-bond acceptors (Lipinski definition) is 3. The van der Waals surface area contributed by atoms with Gasteiger partial charge in [0.2, 0.25) is 0 Å². The number of aliphatic hydroxyl groups excluding tert-OH is 1. The van der Waals surface area contributed by atoms with Crippen LogP contribution < -0.4 is 0 Å². The Bertz CT molecular complexity index is 373. The van der Waals surface area contributed by atoms with Gasteiger partial charge >= 0.3 is 5.97 Å². The molecule has 16 heavy (non-hydrogen) atoms. The van der Waals surface area contributed by atoms with Gasteiger partial charge in [0, 0.05) is 0 Å². The topological polar surface area (TPSA) is 46.5 Å². The van der Waals surface area contributed by atoms with E-state index in [9.17, 15) is 9.90 Å². The van der Waals surface area contributed by atoms with Gasteiger partial charge in [0.15, 0.2) is 0 Å². The highest BCUT2D eigenvalue weighted by Crippen LogP contribution is 2.23. The third-order valence-corrected chi connectivity index (χ3v) is 2.71. The number of aliphatic hydroxyl groups is 1. The maximum Gasteiger partial charge on any atom is 0.337 e. The lowest BCUT2D eigenvalue weighted by Gasteiger charge is -2.13. The molecule has 0 aliphatic carbocycles. The quantitative estimate of drug-likeness (QED) is 0.524. The number of ether oxygens (including phenoxy) is 1. The van der Waals surface area contributed by atoms with Crippen molar-refractivity contribution in [1.29, 1.82) is 0 Å². The van der Waals surface area contributed by atoms with E-state index in [0.29, 0.717) is 12.2 Å². The van der Waals surface area contributed by atoms with Gasteiger partial charge in [-0.3, -0.25) is 0 Å². The average Bonchev–Trinajstić information content (AvgIpc) is 2.31. The summed E-state index contributed by atoms with van der Waals surface area (Å²) in [7, 11) is 0. The van der Waals surface area contributed by atoms with Crippen LogP contribution in [0.2, 0.25) is 0 Å². The number of halogens is 1. The van der Waals surface area contributed by atoms with Gasteiger partial charge in [0.05, 0.1) is 12.2 Å². The summed E-state index contributed by atoms with van der Waals surface area (Å²) in [6.45, 7) is 2.03. The van der Waals surface area contributed by atoms with Gasteiger partial charge in [-0.15, -0.1) is 0 Å². The van der Waals surface area contributed by atoms with E-state index in [2.05, 4.69) is 0 Å². The molecule has 0 aliphatic heterocycles. The third-order valence-electron chi connectivity index (χ3n) is 2.04. The van der Waals surface area contributed by atoms with Crippen LogP contribution in [0.4, 0.5) is 0 Å². The van der Waals surface area contributed by atoms with Crippen LogP contribution in [-0.4, -0.2) is 17.7 Å². The van der Waals surface area contributed by atoms with Gasteiger partial charge in [-0.25, -0.2) is 4.79 Å². The zero-order valence-electron chi connectivity index (χ0n) is 8.89. The smallest absolute Gasteiger partial charge is 0.337 e. The van der Waals surface area contributed by atoms with Crippen molar-refractivity contribution in [3.05, 3.63) is 45.6 Å². The minimum Gasteiger partial charge on any atom is -0.463 e. The Kier molecular flexibility index (Phi) is 5.48. The van der Waals surface area contributed by atoms with E-state index < -0.39 is 12.1 Å². The molecule has 0 fully saturated rings. The molecular formula is C12H13IO3. The van der Waals surface area contributed by atoms with Gasteiger partial charge in [-0.2, -0.15) is 0 Å². The van der Waals surface area contributed by atoms with Crippen molar-refractivity contribution in [2.75, 3.05) is 6.61 Å². The van der Waals surface area contributed by atoms with Crippen LogP contribution in [-0.2, 0) is 9.53 Å². The first kappa shape index (κ1) is 13.2. The molecular weight excluding hydrogens is 319 g/mol. The van der Waals surface area contributed by atoms with Gasteiger partial charge in [0.25, 0.3) is 0 Å². The molecule has 1 aromatic rings. The minimum atomic E-state index is -0.933. The van der Waals surface area contributed by atoms with Crippen molar-refractivity contribution >= 4 is 28.6 Å². The lowest BCUT2D eigenvalue weighted by atomic mass is 10.0. The van der Waals surface area contributed by atoms with Crippen molar-refractivity contribution in [1.82, 2.24) is 0 Å². The Hall–Kier alpha value is -0.880. The van der Waals surface area contributed by atoms with E-state index >= 15 is 0 Å². The Labute approximate surface area is 108 Å². The number of hydrogen-bond donors (Lipinski definition) is 1. The second-order valence-corrected chi connectivity index (χ2v) is 3.72. The standard InChI is InChI=1S/C12H13IO3/c1-2-16-12(15)10(8-13)11(14)9-6-4-3-5-7-9/h3-8,11,14H,2H2,1H3/b10-8-/t11-/m0/s1. The molecule has 0 unspecified atom stereocenters. The Morgan fingerprint density at radius 1 is 1.50 bits per heavy atom. The number of benzene rings is 1. The van der Waals surface area contributed by atoms with Crippen molar-refractivity contribution < 1.29 is 14.6 Å². The second kappa shape index (κ2) is 6.65. The molecule has 1 rings (SSSR count). The molecule has 1 aromatic carbocycles. The summed E-state index contributed by atoms with van der Waals surface area (Å²) in [5, 5.41) is 10.0. The maximum absolute atomic E-state index is 11.5. The normalized spacial score (nSPS) is 13.3. The van der Waals surface area contributed by atoms with Crippen molar-refractivity contribution in [2.45, 2.75) is 13.0 Å². The molecule has 0 saturated carbocycles. The summed E-state index contributed by atoms with van der Waals surface area (Å²) in [5.74, 6) is -0.478. The van der Waals surface area contributed by atoms with Gasteiger partial charge < -0.3 is 9.84 Å². The Morgan fingerprint density at radius 2 is 2.12 bits per heavy atom. The number of carbonyl (C=O) groups excluding carboxylic acids is 1. The van der Waals surface area contributed by atoms with Crippen molar-refractivity contribution in [3.63, 3.8) is 0 Å². The first-order valence-corrected chi connectivity index (χ1v) is 6.15. The summed E-state index contributed by atoms with van der Waals surface area (Å²) in [6.07, 6.45) is -0.933. The highest BCUT2D eigenvalue weighted by molar-refractivity contribution is 14.1. The molecule has 0 radical (unpaired) electrons. The fourth-order valence-corrected chi connectivity index (χ4v) is 1.84. The lowest BCUT2D eigenvalue weighted by molar-refractivity contribution is -0.139. The largest absolute Gasteiger partial charge is 0.463 e. The highest BCUT2D eigenvalue weighted by Gasteiger charge is 2.20. The molecule has 3 nitrogen and oxygen atoms in total. The molecule has 0 spiro atoms. The third kappa shape index (κ3) is 3.31. The van der Waals surface area contributed by atoms with Gasteiger partial charge in [-0.05, 0) is 16.6 Å². The maximum atomic E-state index is 11.5. The van der Waals surface area contributed by atoms with E-state index in [1.54, 1.807) is 23.1 Å². The predicted octanol–water partition coefficient (Wildman–Crippen LogP) is 2.60. The second-order valence-electron chi connectivity index (χ2n) is 3.10.